The second-order valence-electron chi connectivity index (χ2n) is 12.1. The van der Waals surface area contributed by atoms with Gasteiger partial charge in [-0.1, -0.05) is 55.8 Å². The van der Waals surface area contributed by atoms with E-state index in [2.05, 4.69) is 10.5 Å². The summed E-state index contributed by atoms with van der Waals surface area (Å²) >= 11 is 0. The number of benzene rings is 2. The quantitative estimate of drug-likeness (QED) is 0.0914. The third-order valence-corrected chi connectivity index (χ3v) is 8.55. The number of rotatable bonds is 19. The van der Waals surface area contributed by atoms with E-state index in [4.69, 9.17) is 23.5 Å². The maximum absolute atomic E-state index is 12.9. The predicted molar refractivity (Wildman–Crippen MR) is 179 cm³/mol. The van der Waals surface area contributed by atoms with Gasteiger partial charge in [-0.2, -0.15) is 0 Å². The van der Waals surface area contributed by atoms with Crippen LogP contribution >= 0.6 is 0 Å². The third-order valence-electron chi connectivity index (χ3n) is 8.55. The van der Waals surface area contributed by atoms with Crippen molar-refractivity contribution in [2.75, 3.05) is 27.4 Å². The van der Waals surface area contributed by atoms with Crippen LogP contribution < -0.4 is 14.8 Å². The van der Waals surface area contributed by atoms with Gasteiger partial charge in [-0.05, 0) is 54.8 Å². The van der Waals surface area contributed by atoms with E-state index >= 15 is 0 Å². The Labute approximate surface area is 286 Å². The van der Waals surface area contributed by atoms with Crippen molar-refractivity contribution in [3.63, 3.8) is 0 Å². The minimum absolute atomic E-state index is 0.0603. The van der Waals surface area contributed by atoms with E-state index in [9.17, 15) is 30.0 Å². The normalized spacial score (nSPS) is 20.5. The molecule has 13 nitrogen and oxygen atoms in total. The van der Waals surface area contributed by atoms with Gasteiger partial charge in [0.25, 0.3) is 0 Å². The molecule has 0 radical (unpaired) electrons. The van der Waals surface area contributed by atoms with E-state index in [0.717, 1.165) is 73.1 Å². The van der Waals surface area contributed by atoms with Crippen LogP contribution in [0.1, 0.15) is 63.5 Å². The molecule has 3 aromatic rings. The number of esters is 1. The maximum atomic E-state index is 12.9. The number of methoxy groups -OCH3 is 2. The fourth-order valence-electron chi connectivity index (χ4n) is 5.65. The molecular weight excluding hydrogens is 636 g/mol. The number of aliphatic hydroxyl groups excluding tert-OH is 4. The van der Waals surface area contributed by atoms with E-state index in [1.165, 1.54) is 0 Å². The van der Waals surface area contributed by atoms with Gasteiger partial charge in [-0.15, -0.1) is 0 Å². The van der Waals surface area contributed by atoms with Crippen LogP contribution in [0.5, 0.6) is 11.5 Å². The minimum atomic E-state index is -1.66. The fraction of sp³-hybridized carbons (Fsp3) is 0.528. The predicted octanol–water partition coefficient (Wildman–Crippen LogP) is 3.54. The highest BCUT2D eigenvalue weighted by Crippen LogP contribution is 2.36. The number of nitrogens with zero attached hydrogens (tertiary/aromatic N) is 1. The van der Waals surface area contributed by atoms with E-state index in [1.807, 2.05) is 48.5 Å². The first-order valence-electron chi connectivity index (χ1n) is 16.8. The second kappa shape index (κ2) is 19.2. The minimum Gasteiger partial charge on any atom is -0.497 e. The van der Waals surface area contributed by atoms with E-state index in [0.29, 0.717) is 24.4 Å². The highest BCUT2D eigenvalue weighted by molar-refractivity contribution is 5.86. The van der Waals surface area contributed by atoms with Gasteiger partial charge >= 0.3 is 5.97 Å². The summed E-state index contributed by atoms with van der Waals surface area (Å²) in [6.07, 6.45) is 0.333. The van der Waals surface area contributed by atoms with Crippen LogP contribution in [0.25, 0.3) is 22.4 Å². The van der Waals surface area contributed by atoms with Crippen molar-refractivity contribution in [1.82, 2.24) is 10.5 Å². The van der Waals surface area contributed by atoms with E-state index < -0.39 is 36.7 Å². The summed E-state index contributed by atoms with van der Waals surface area (Å²) in [6, 6.07) is 15.1. The van der Waals surface area contributed by atoms with Crippen LogP contribution in [0, 0.1) is 0 Å². The lowest BCUT2D eigenvalue weighted by Gasteiger charge is -2.37. The molecule has 13 heteroatoms. The highest BCUT2D eigenvalue weighted by Gasteiger charge is 2.43. The average Bonchev–Trinajstić information content (AvgIpc) is 3.53. The Hall–Kier alpha value is -4.01. The number of amides is 1. The lowest BCUT2D eigenvalue weighted by molar-refractivity contribution is -0.287. The standard InChI is InChI=1S/C36H48N2O11/c1-45-25-16-12-23(13-17-25)31-27(49-38-32(31)24-14-18-26(46-2)19-15-24)21-29(39)37-20-10-8-6-4-3-5-7-9-11-30(40)47-22-28-33(41)34(42)35(43)36(44)48-28/h12-19,28,33-36,41-44H,3-11,20-22H2,1-2H3,(H,37,39)/t28-,33-,34-,35?,36+/m0/s1. The largest absolute Gasteiger partial charge is 0.497 e. The lowest BCUT2D eigenvalue weighted by Crippen LogP contribution is -2.58. The van der Waals surface area contributed by atoms with Crippen molar-refractivity contribution in [3.8, 4) is 33.9 Å². The summed E-state index contributed by atoms with van der Waals surface area (Å²) in [5, 5.41) is 46.0. The van der Waals surface area contributed by atoms with Crippen LogP contribution in [-0.2, 0) is 25.5 Å². The molecule has 2 heterocycles. The molecular formula is C36H48N2O11. The molecule has 1 saturated heterocycles. The Morgan fingerprint density at radius 1 is 0.755 bits per heavy atom. The summed E-state index contributed by atoms with van der Waals surface area (Å²) in [7, 11) is 3.22. The number of ether oxygens (including phenoxy) is 4. The summed E-state index contributed by atoms with van der Waals surface area (Å²) < 4.78 is 26.4. The van der Waals surface area contributed by atoms with Gasteiger partial charge < -0.3 is 49.2 Å². The first kappa shape index (κ1) is 37.8. The number of unbranched alkanes of at least 4 members (excludes halogenated alkanes) is 7. The maximum Gasteiger partial charge on any atom is 0.305 e. The number of nitrogens with one attached hydrogen (secondary N) is 1. The SMILES string of the molecule is COc1ccc(-c2noc(CC(=O)NCCCCCCCCCCC(=O)OC[C@@H]3O[C@@H](O)C(O)[C@@H](O)[C@H]3O)c2-c2ccc(OC)cc2)cc1. The van der Waals surface area contributed by atoms with E-state index in [1.54, 1.807) is 14.2 Å². The molecule has 1 amide bonds. The molecule has 5 atom stereocenters. The molecule has 0 spiro atoms. The molecule has 49 heavy (non-hydrogen) atoms. The molecule has 1 fully saturated rings. The van der Waals surface area contributed by atoms with Gasteiger partial charge in [0, 0.05) is 18.5 Å². The monoisotopic (exact) mass is 684 g/mol. The summed E-state index contributed by atoms with van der Waals surface area (Å²) in [4.78, 5) is 24.9. The Bertz CT molecular complexity index is 1440. The third kappa shape index (κ3) is 11.0. The molecule has 0 bridgehead atoms. The van der Waals surface area contributed by atoms with Crippen molar-refractivity contribution >= 4 is 11.9 Å². The molecule has 268 valence electrons. The number of aromatic nitrogens is 1. The van der Waals surface area contributed by atoms with Crippen LogP contribution in [0.2, 0.25) is 0 Å². The lowest BCUT2D eigenvalue weighted by atomic mass is 9.98. The van der Waals surface area contributed by atoms with Gasteiger partial charge in [-0.25, -0.2) is 0 Å². The van der Waals surface area contributed by atoms with Crippen molar-refractivity contribution < 1.29 is 53.5 Å². The Morgan fingerprint density at radius 2 is 1.33 bits per heavy atom. The summed E-state index contributed by atoms with van der Waals surface area (Å²) in [6.45, 7) is 0.247. The zero-order chi connectivity index (χ0) is 35.2. The first-order valence-corrected chi connectivity index (χ1v) is 16.8. The molecule has 5 N–H and O–H groups in total. The van der Waals surface area contributed by atoms with Crippen LogP contribution in [0.4, 0.5) is 0 Å². The smallest absolute Gasteiger partial charge is 0.305 e. The average molecular weight is 685 g/mol. The fourth-order valence-corrected chi connectivity index (χ4v) is 5.65. The van der Waals surface area contributed by atoms with Crippen LogP contribution in [0.15, 0.2) is 53.1 Å². The van der Waals surface area contributed by atoms with Gasteiger partial charge in [0.2, 0.25) is 5.91 Å². The van der Waals surface area contributed by atoms with Crippen molar-refractivity contribution in [2.24, 2.45) is 0 Å². The summed E-state index contributed by atoms with van der Waals surface area (Å²) in [5.74, 6) is 1.35. The molecule has 1 aromatic heterocycles. The molecule has 1 unspecified atom stereocenters. The van der Waals surface area contributed by atoms with Crippen LogP contribution in [-0.4, -0.2) is 95.5 Å². The molecule has 1 aliphatic heterocycles. The van der Waals surface area contributed by atoms with Gasteiger partial charge in [0.1, 0.15) is 48.2 Å². The number of carbonyl (C=O) groups is 2. The Balaban J connectivity index is 1.10. The molecule has 4 rings (SSSR count). The van der Waals surface area contributed by atoms with Crippen LogP contribution in [0.3, 0.4) is 0 Å². The van der Waals surface area contributed by atoms with E-state index in [-0.39, 0.29) is 25.4 Å². The second-order valence-corrected chi connectivity index (χ2v) is 12.1. The zero-order valence-electron chi connectivity index (χ0n) is 28.1. The highest BCUT2D eigenvalue weighted by atomic mass is 16.6. The van der Waals surface area contributed by atoms with Gasteiger partial charge in [0.15, 0.2) is 12.1 Å². The number of aliphatic hydroxyl groups is 4. The Kier molecular flexibility index (Phi) is 14.8. The van der Waals surface area contributed by atoms with Crippen molar-refractivity contribution in [3.05, 3.63) is 54.3 Å². The number of carbonyl (C=O) groups excluding carboxylic acids is 2. The topological polar surface area (TPSA) is 190 Å². The van der Waals surface area contributed by atoms with Gasteiger partial charge in [-0.3, -0.25) is 9.59 Å². The number of hydrogen-bond donors (Lipinski definition) is 5. The molecule has 1 aliphatic rings. The van der Waals surface area contributed by atoms with Gasteiger partial charge in [0.05, 0.1) is 26.2 Å². The molecule has 0 saturated carbocycles. The number of hydrogen-bond acceptors (Lipinski definition) is 12. The summed E-state index contributed by atoms with van der Waals surface area (Å²) in [5.41, 5.74) is 3.12. The molecule has 0 aliphatic carbocycles. The van der Waals surface area contributed by atoms with Crippen molar-refractivity contribution in [1.29, 1.82) is 0 Å². The molecule has 2 aromatic carbocycles. The van der Waals surface area contributed by atoms with Crippen molar-refractivity contribution in [2.45, 2.75) is 94.9 Å². The first-order chi connectivity index (χ1) is 23.7. The Morgan fingerprint density at radius 3 is 1.94 bits per heavy atom. The zero-order valence-corrected chi connectivity index (χ0v) is 28.1.